The number of hydrogen-bond donors (Lipinski definition) is 2. The van der Waals surface area contributed by atoms with Crippen LogP contribution >= 0.6 is 0 Å². The Kier molecular flexibility index (Phi) is 7.37. The summed E-state index contributed by atoms with van der Waals surface area (Å²) in [6.07, 6.45) is 2.24. The molecule has 162 valence electrons. The third-order valence-corrected chi connectivity index (χ3v) is 5.11. The number of benzene rings is 2. The number of carbonyl (C=O) groups is 4. The lowest BCUT2D eigenvalue weighted by atomic mass is 10.0. The lowest BCUT2D eigenvalue weighted by Crippen LogP contribution is -2.51. The van der Waals surface area contributed by atoms with Crippen LogP contribution in [0.4, 0.5) is 5.69 Å². The third-order valence-electron chi connectivity index (χ3n) is 5.11. The molecule has 3 rings (SSSR count). The number of para-hydroxylation sites is 1. The molecule has 0 aromatic heterocycles. The van der Waals surface area contributed by atoms with Crippen molar-refractivity contribution in [2.75, 3.05) is 18.5 Å². The fourth-order valence-electron chi connectivity index (χ4n) is 3.56. The molecule has 2 aromatic rings. The van der Waals surface area contributed by atoms with Gasteiger partial charge in [0.2, 0.25) is 11.8 Å². The van der Waals surface area contributed by atoms with Gasteiger partial charge in [-0.1, -0.05) is 42.5 Å². The van der Waals surface area contributed by atoms with Crippen LogP contribution in [0.2, 0.25) is 0 Å². The molecular formula is C23H25N3O5. The van der Waals surface area contributed by atoms with Gasteiger partial charge in [0.05, 0.1) is 17.7 Å². The van der Waals surface area contributed by atoms with Gasteiger partial charge in [-0.15, -0.1) is 0 Å². The summed E-state index contributed by atoms with van der Waals surface area (Å²) in [5, 5.41) is 2.72. The van der Waals surface area contributed by atoms with E-state index in [1.54, 1.807) is 18.2 Å². The minimum atomic E-state index is -0.739. The Bertz CT molecular complexity index is 961. The van der Waals surface area contributed by atoms with Crippen LogP contribution in [-0.4, -0.2) is 47.8 Å². The van der Waals surface area contributed by atoms with Gasteiger partial charge in [-0.2, -0.15) is 0 Å². The van der Waals surface area contributed by atoms with Crippen LogP contribution < -0.4 is 11.1 Å². The number of ether oxygens (including phenoxy) is 1. The van der Waals surface area contributed by atoms with Crippen molar-refractivity contribution in [2.45, 2.75) is 31.7 Å². The molecule has 1 aliphatic rings. The molecule has 1 atom stereocenters. The summed E-state index contributed by atoms with van der Waals surface area (Å²) in [5.74, 6) is -2.05. The monoisotopic (exact) mass is 423 g/mol. The van der Waals surface area contributed by atoms with Gasteiger partial charge in [-0.3, -0.25) is 14.4 Å². The summed E-state index contributed by atoms with van der Waals surface area (Å²) in [4.78, 5) is 50.4. The number of nitrogens with zero attached hydrogens (tertiary/aromatic N) is 1. The van der Waals surface area contributed by atoms with Crippen LogP contribution in [0.15, 0.2) is 54.6 Å². The largest absolute Gasteiger partial charge is 0.452 e. The molecule has 0 aliphatic carbocycles. The van der Waals surface area contributed by atoms with Gasteiger partial charge in [0.25, 0.3) is 5.91 Å². The lowest BCUT2D eigenvalue weighted by Gasteiger charge is -2.33. The summed E-state index contributed by atoms with van der Waals surface area (Å²) >= 11 is 0. The fourth-order valence-corrected chi connectivity index (χ4v) is 3.56. The SMILES string of the molecule is NC(=O)[C@@H]1CCCCN1C(=O)COC(=O)c1ccccc1NC(=O)Cc1ccccc1. The highest BCUT2D eigenvalue weighted by Gasteiger charge is 2.31. The van der Waals surface area contributed by atoms with E-state index in [2.05, 4.69) is 5.32 Å². The van der Waals surface area contributed by atoms with Gasteiger partial charge in [-0.05, 0) is 37.0 Å². The molecule has 3 N–H and O–H groups in total. The number of primary amides is 1. The first kappa shape index (κ1) is 22.0. The standard InChI is InChI=1S/C23H25N3O5/c24-22(29)19-12-6-7-13-26(19)21(28)15-31-23(30)17-10-4-5-11-18(17)25-20(27)14-16-8-2-1-3-9-16/h1-5,8-11,19H,6-7,12-15H2,(H2,24,29)(H,25,27)/t19-/m0/s1. The van der Waals surface area contributed by atoms with Crippen LogP contribution in [0.25, 0.3) is 0 Å². The van der Waals surface area contributed by atoms with Crippen molar-refractivity contribution in [2.24, 2.45) is 5.73 Å². The van der Waals surface area contributed by atoms with E-state index < -0.39 is 30.4 Å². The molecule has 1 aliphatic heterocycles. The van der Waals surface area contributed by atoms with Crippen LogP contribution in [0.1, 0.15) is 35.2 Å². The Morgan fingerprint density at radius 2 is 1.71 bits per heavy atom. The van der Waals surface area contributed by atoms with Gasteiger partial charge in [0.1, 0.15) is 6.04 Å². The first-order chi connectivity index (χ1) is 15.0. The number of amides is 3. The molecule has 0 saturated carbocycles. The Balaban J connectivity index is 1.61. The van der Waals surface area contributed by atoms with Crippen molar-refractivity contribution in [3.05, 3.63) is 65.7 Å². The van der Waals surface area contributed by atoms with Crippen molar-refractivity contribution in [1.29, 1.82) is 0 Å². The summed E-state index contributed by atoms with van der Waals surface area (Å²) in [7, 11) is 0. The van der Waals surface area contributed by atoms with Crippen molar-refractivity contribution in [3.63, 3.8) is 0 Å². The van der Waals surface area contributed by atoms with Crippen molar-refractivity contribution in [3.8, 4) is 0 Å². The second-order valence-electron chi connectivity index (χ2n) is 7.33. The van der Waals surface area contributed by atoms with E-state index in [4.69, 9.17) is 10.5 Å². The van der Waals surface area contributed by atoms with Crippen LogP contribution in [0, 0.1) is 0 Å². The summed E-state index contributed by atoms with van der Waals surface area (Å²) in [6.45, 7) is -0.106. The molecule has 0 unspecified atom stereocenters. The van der Waals surface area contributed by atoms with Crippen LogP contribution in [0.5, 0.6) is 0 Å². The Morgan fingerprint density at radius 1 is 1.00 bits per heavy atom. The number of likely N-dealkylation sites (tertiary alicyclic amines) is 1. The molecule has 31 heavy (non-hydrogen) atoms. The predicted molar refractivity (Wildman–Crippen MR) is 114 cm³/mol. The quantitative estimate of drug-likeness (QED) is 0.659. The van der Waals surface area contributed by atoms with E-state index in [1.807, 2.05) is 30.3 Å². The second-order valence-corrected chi connectivity index (χ2v) is 7.33. The van der Waals surface area contributed by atoms with E-state index in [0.717, 1.165) is 18.4 Å². The fraction of sp³-hybridized carbons (Fsp3) is 0.304. The third kappa shape index (κ3) is 5.91. The second kappa shape index (κ2) is 10.4. The molecule has 8 heteroatoms. The molecule has 0 bridgehead atoms. The zero-order chi connectivity index (χ0) is 22.2. The summed E-state index contributed by atoms with van der Waals surface area (Å²) in [6, 6.07) is 15.0. The zero-order valence-corrected chi connectivity index (χ0v) is 17.1. The molecule has 8 nitrogen and oxygen atoms in total. The van der Waals surface area contributed by atoms with Crippen molar-refractivity contribution < 1.29 is 23.9 Å². The van der Waals surface area contributed by atoms with Gasteiger partial charge < -0.3 is 20.7 Å². The van der Waals surface area contributed by atoms with Crippen LogP contribution in [0.3, 0.4) is 0 Å². The van der Waals surface area contributed by atoms with E-state index >= 15 is 0 Å². The molecule has 2 aromatic carbocycles. The molecule has 0 spiro atoms. The number of rotatable bonds is 7. The average Bonchev–Trinajstić information content (AvgIpc) is 2.78. The number of nitrogens with two attached hydrogens (primary N) is 1. The Morgan fingerprint density at radius 3 is 2.45 bits per heavy atom. The summed E-state index contributed by atoms with van der Waals surface area (Å²) in [5.41, 5.74) is 6.67. The Labute approximate surface area is 180 Å². The van der Waals surface area contributed by atoms with E-state index in [-0.39, 0.29) is 17.9 Å². The minimum absolute atomic E-state index is 0.141. The highest BCUT2D eigenvalue weighted by Crippen LogP contribution is 2.19. The average molecular weight is 423 g/mol. The number of nitrogens with one attached hydrogen (secondary N) is 1. The highest BCUT2D eigenvalue weighted by atomic mass is 16.5. The number of anilines is 1. The van der Waals surface area contributed by atoms with Gasteiger partial charge in [0, 0.05) is 6.54 Å². The number of piperidine rings is 1. The smallest absolute Gasteiger partial charge is 0.340 e. The molecule has 1 heterocycles. The maximum atomic E-state index is 12.6. The van der Waals surface area contributed by atoms with E-state index in [1.165, 1.54) is 11.0 Å². The predicted octanol–water partition coefficient (Wildman–Crippen LogP) is 1.89. The van der Waals surface area contributed by atoms with Crippen molar-refractivity contribution >= 4 is 29.4 Å². The number of esters is 1. The number of carbonyl (C=O) groups excluding carboxylic acids is 4. The van der Waals surface area contributed by atoms with Crippen molar-refractivity contribution in [1.82, 2.24) is 4.90 Å². The summed E-state index contributed by atoms with van der Waals surface area (Å²) < 4.78 is 5.18. The maximum absolute atomic E-state index is 12.6. The number of hydrogen-bond acceptors (Lipinski definition) is 5. The lowest BCUT2D eigenvalue weighted by molar-refractivity contribution is -0.143. The zero-order valence-electron chi connectivity index (χ0n) is 17.1. The molecule has 1 saturated heterocycles. The first-order valence-corrected chi connectivity index (χ1v) is 10.1. The van der Waals surface area contributed by atoms with E-state index in [0.29, 0.717) is 18.7 Å². The highest BCUT2D eigenvalue weighted by molar-refractivity contribution is 6.02. The van der Waals surface area contributed by atoms with Gasteiger partial charge in [-0.25, -0.2) is 4.79 Å². The molecule has 0 radical (unpaired) electrons. The minimum Gasteiger partial charge on any atom is -0.452 e. The Hall–Kier alpha value is -3.68. The normalized spacial score (nSPS) is 15.7. The topological polar surface area (TPSA) is 119 Å². The molecule has 3 amide bonds. The maximum Gasteiger partial charge on any atom is 0.340 e. The van der Waals surface area contributed by atoms with E-state index in [9.17, 15) is 19.2 Å². The molecular weight excluding hydrogens is 398 g/mol. The molecule has 1 fully saturated rings. The van der Waals surface area contributed by atoms with Gasteiger partial charge in [0.15, 0.2) is 6.61 Å². The van der Waals surface area contributed by atoms with Gasteiger partial charge >= 0.3 is 5.97 Å². The van der Waals surface area contributed by atoms with Crippen LogP contribution in [-0.2, 0) is 25.5 Å². The first-order valence-electron chi connectivity index (χ1n) is 10.1.